The van der Waals surface area contributed by atoms with Crippen molar-refractivity contribution in [2.45, 2.75) is 39.7 Å². The Morgan fingerprint density at radius 3 is 2.60 bits per heavy atom. The summed E-state index contributed by atoms with van der Waals surface area (Å²) in [6.07, 6.45) is 3.87. The lowest BCUT2D eigenvalue weighted by atomic mass is 9.86. The smallest absolute Gasteiger partial charge is 0.227 e. The number of thioether (sulfide) groups is 1. The van der Waals surface area contributed by atoms with Crippen molar-refractivity contribution < 1.29 is 4.79 Å². The van der Waals surface area contributed by atoms with E-state index in [9.17, 15) is 4.79 Å². The minimum absolute atomic E-state index is 0.0844. The number of carbonyl (C=O) groups excluding carboxylic acids is 1. The van der Waals surface area contributed by atoms with Gasteiger partial charge in [-0.05, 0) is 38.7 Å². The van der Waals surface area contributed by atoms with E-state index < -0.39 is 5.41 Å². The van der Waals surface area contributed by atoms with Gasteiger partial charge in [0.25, 0.3) is 0 Å². The Bertz CT molecular complexity index is 193. The van der Waals surface area contributed by atoms with E-state index in [1.165, 1.54) is 0 Å². The number of hydrogen-bond acceptors (Lipinski definition) is 3. The zero-order valence-electron chi connectivity index (χ0n) is 10.3. The standard InChI is InChI=1S/C11H24N2OS/c1-5-11(3,8-12)10(14)13-9(2)6-7-15-4/h9H,5-8,12H2,1-4H3,(H,13,14). The normalized spacial score (nSPS) is 16.9. The molecular weight excluding hydrogens is 208 g/mol. The summed E-state index contributed by atoms with van der Waals surface area (Å²) in [6.45, 7) is 6.37. The quantitative estimate of drug-likeness (QED) is 0.701. The average Bonchev–Trinajstić information content (AvgIpc) is 2.24. The van der Waals surface area contributed by atoms with Crippen LogP contribution in [0.2, 0.25) is 0 Å². The van der Waals surface area contributed by atoms with Gasteiger partial charge in [-0.25, -0.2) is 0 Å². The highest BCUT2D eigenvalue weighted by atomic mass is 32.2. The van der Waals surface area contributed by atoms with E-state index in [0.717, 1.165) is 18.6 Å². The van der Waals surface area contributed by atoms with Crippen molar-refractivity contribution in [3.05, 3.63) is 0 Å². The van der Waals surface area contributed by atoms with Crippen molar-refractivity contribution in [1.82, 2.24) is 5.32 Å². The maximum absolute atomic E-state index is 11.9. The molecule has 3 nitrogen and oxygen atoms in total. The molecular formula is C11H24N2OS. The van der Waals surface area contributed by atoms with Crippen LogP contribution in [0, 0.1) is 5.41 Å². The Hall–Kier alpha value is -0.220. The predicted molar refractivity (Wildman–Crippen MR) is 68.1 cm³/mol. The minimum atomic E-state index is -0.409. The molecule has 0 aromatic rings. The topological polar surface area (TPSA) is 55.1 Å². The van der Waals surface area contributed by atoms with Crippen LogP contribution >= 0.6 is 11.8 Å². The molecule has 0 aliphatic rings. The van der Waals surface area contributed by atoms with E-state index in [2.05, 4.69) is 11.6 Å². The second-order valence-corrected chi connectivity index (χ2v) is 5.26. The van der Waals surface area contributed by atoms with E-state index in [1.54, 1.807) is 11.8 Å². The Labute approximate surface area is 97.6 Å². The van der Waals surface area contributed by atoms with Crippen molar-refractivity contribution in [2.24, 2.45) is 11.1 Å². The van der Waals surface area contributed by atoms with E-state index >= 15 is 0 Å². The molecule has 0 aliphatic carbocycles. The molecule has 0 aliphatic heterocycles. The molecule has 0 aromatic carbocycles. The third-order valence-corrected chi connectivity index (χ3v) is 3.56. The van der Waals surface area contributed by atoms with Gasteiger partial charge in [0.1, 0.15) is 0 Å². The fraction of sp³-hybridized carbons (Fsp3) is 0.909. The largest absolute Gasteiger partial charge is 0.353 e. The molecule has 2 atom stereocenters. The number of rotatable bonds is 7. The van der Waals surface area contributed by atoms with Crippen LogP contribution in [-0.2, 0) is 4.79 Å². The summed E-state index contributed by atoms with van der Waals surface area (Å²) in [6, 6.07) is 0.238. The van der Waals surface area contributed by atoms with Gasteiger partial charge in [-0.1, -0.05) is 6.92 Å². The van der Waals surface area contributed by atoms with Crippen LogP contribution in [0.3, 0.4) is 0 Å². The second kappa shape index (κ2) is 7.12. The first kappa shape index (κ1) is 14.8. The highest BCUT2D eigenvalue weighted by Gasteiger charge is 2.30. The van der Waals surface area contributed by atoms with Gasteiger partial charge < -0.3 is 11.1 Å². The summed E-state index contributed by atoms with van der Waals surface area (Å²) >= 11 is 1.80. The minimum Gasteiger partial charge on any atom is -0.353 e. The second-order valence-electron chi connectivity index (χ2n) is 4.27. The molecule has 0 radical (unpaired) electrons. The molecule has 15 heavy (non-hydrogen) atoms. The molecule has 0 aromatic heterocycles. The van der Waals surface area contributed by atoms with Crippen LogP contribution < -0.4 is 11.1 Å². The third-order valence-electron chi connectivity index (χ3n) is 2.91. The maximum Gasteiger partial charge on any atom is 0.227 e. The first-order chi connectivity index (χ1) is 7.00. The van der Waals surface area contributed by atoms with Crippen molar-refractivity contribution in [2.75, 3.05) is 18.6 Å². The predicted octanol–water partition coefficient (Wildman–Crippen LogP) is 1.62. The Kier molecular flexibility index (Phi) is 7.02. The molecule has 0 rings (SSSR count). The van der Waals surface area contributed by atoms with Crippen LogP contribution in [-0.4, -0.2) is 30.5 Å². The average molecular weight is 232 g/mol. The van der Waals surface area contributed by atoms with Gasteiger partial charge in [0.2, 0.25) is 5.91 Å². The van der Waals surface area contributed by atoms with Crippen molar-refractivity contribution in [3.8, 4) is 0 Å². The summed E-state index contributed by atoms with van der Waals surface area (Å²) in [5.74, 6) is 1.16. The monoisotopic (exact) mass is 232 g/mol. The highest BCUT2D eigenvalue weighted by Crippen LogP contribution is 2.19. The third kappa shape index (κ3) is 4.89. The molecule has 3 N–H and O–H groups in total. The molecule has 0 saturated heterocycles. The first-order valence-corrected chi connectivity index (χ1v) is 6.89. The Balaban J connectivity index is 4.10. The summed E-state index contributed by atoms with van der Waals surface area (Å²) in [4.78, 5) is 11.9. The van der Waals surface area contributed by atoms with E-state index in [1.807, 2.05) is 20.8 Å². The molecule has 0 spiro atoms. The molecule has 90 valence electrons. The molecule has 4 heteroatoms. The highest BCUT2D eigenvalue weighted by molar-refractivity contribution is 7.98. The fourth-order valence-corrected chi connectivity index (χ4v) is 1.75. The number of hydrogen-bond donors (Lipinski definition) is 2. The van der Waals surface area contributed by atoms with Crippen LogP contribution in [0.1, 0.15) is 33.6 Å². The van der Waals surface area contributed by atoms with Gasteiger partial charge in [-0.15, -0.1) is 0 Å². The number of nitrogens with two attached hydrogens (primary N) is 1. The Morgan fingerprint density at radius 1 is 1.60 bits per heavy atom. The summed E-state index contributed by atoms with van der Waals surface area (Å²) < 4.78 is 0. The Morgan fingerprint density at radius 2 is 2.20 bits per heavy atom. The molecule has 1 amide bonds. The summed E-state index contributed by atoms with van der Waals surface area (Å²) in [5.41, 5.74) is 5.22. The fourth-order valence-electron chi connectivity index (χ4n) is 1.16. The van der Waals surface area contributed by atoms with Crippen molar-refractivity contribution in [1.29, 1.82) is 0 Å². The summed E-state index contributed by atoms with van der Waals surface area (Å²) in [5, 5.41) is 3.02. The first-order valence-electron chi connectivity index (χ1n) is 5.50. The zero-order chi connectivity index (χ0) is 11.9. The van der Waals surface area contributed by atoms with Gasteiger partial charge in [0, 0.05) is 12.6 Å². The maximum atomic E-state index is 11.9. The molecule has 0 bridgehead atoms. The number of nitrogens with one attached hydrogen (secondary N) is 1. The molecule has 0 fully saturated rings. The number of carbonyl (C=O) groups is 1. The SMILES string of the molecule is CCC(C)(CN)C(=O)NC(C)CCSC. The number of amides is 1. The van der Waals surface area contributed by atoms with Crippen LogP contribution in [0.15, 0.2) is 0 Å². The lowest BCUT2D eigenvalue weighted by molar-refractivity contribution is -0.130. The molecule has 0 heterocycles. The van der Waals surface area contributed by atoms with Gasteiger partial charge in [-0.2, -0.15) is 11.8 Å². The summed E-state index contributed by atoms with van der Waals surface area (Å²) in [7, 11) is 0. The van der Waals surface area contributed by atoms with Gasteiger partial charge in [0.05, 0.1) is 5.41 Å². The van der Waals surface area contributed by atoms with Crippen LogP contribution in [0.25, 0.3) is 0 Å². The van der Waals surface area contributed by atoms with E-state index in [4.69, 9.17) is 5.73 Å². The van der Waals surface area contributed by atoms with Crippen molar-refractivity contribution in [3.63, 3.8) is 0 Å². The van der Waals surface area contributed by atoms with Crippen molar-refractivity contribution >= 4 is 17.7 Å². The van der Waals surface area contributed by atoms with E-state index in [0.29, 0.717) is 6.54 Å². The lowest BCUT2D eigenvalue weighted by Crippen LogP contribution is -2.46. The zero-order valence-corrected chi connectivity index (χ0v) is 11.1. The lowest BCUT2D eigenvalue weighted by Gasteiger charge is -2.27. The van der Waals surface area contributed by atoms with E-state index in [-0.39, 0.29) is 11.9 Å². The van der Waals surface area contributed by atoms with Crippen LogP contribution in [0.5, 0.6) is 0 Å². The van der Waals surface area contributed by atoms with Crippen LogP contribution in [0.4, 0.5) is 0 Å². The molecule has 2 unspecified atom stereocenters. The van der Waals surface area contributed by atoms with Gasteiger partial charge >= 0.3 is 0 Å². The van der Waals surface area contributed by atoms with Gasteiger partial charge in [0.15, 0.2) is 0 Å². The van der Waals surface area contributed by atoms with Gasteiger partial charge in [-0.3, -0.25) is 4.79 Å². The molecule has 0 saturated carbocycles.